The average molecular weight is 399 g/mol. The van der Waals surface area contributed by atoms with Crippen molar-refractivity contribution < 1.29 is 17.7 Å². The van der Waals surface area contributed by atoms with Gasteiger partial charge in [-0.15, -0.1) is 0 Å². The van der Waals surface area contributed by atoms with Crippen molar-refractivity contribution in [1.29, 1.82) is 0 Å². The number of piperazine rings is 1. The molecule has 0 radical (unpaired) electrons. The number of quaternary nitrogens is 1. The average Bonchev–Trinajstić information content (AvgIpc) is 2.62. The molecule has 26 heavy (non-hydrogen) atoms. The second kappa shape index (κ2) is 7.82. The fourth-order valence-electron chi connectivity index (χ4n) is 3.15. The Morgan fingerprint density at radius 2 is 1.88 bits per heavy atom. The summed E-state index contributed by atoms with van der Waals surface area (Å²) >= 11 is 6.08. The zero-order valence-electron chi connectivity index (χ0n) is 14.5. The van der Waals surface area contributed by atoms with Gasteiger partial charge in [0.05, 0.1) is 44.1 Å². The summed E-state index contributed by atoms with van der Waals surface area (Å²) < 4.78 is 41.8. The first-order valence-electron chi connectivity index (χ1n) is 8.56. The zero-order valence-corrected chi connectivity index (χ0v) is 16.1. The van der Waals surface area contributed by atoms with E-state index < -0.39 is 15.8 Å². The van der Waals surface area contributed by atoms with E-state index in [0.717, 1.165) is 44.5 Å². The summed E-state index contributed by atoms with van der Waals surface area (Å²) in [6.07, 6.45) is 0. The highest BCUT2D eigenvalue weighted by Gasteiger charge is 2.24. The lowest BCUT2D eigenvalue weighted by Gasteiger charge is -2.34. The van der Waals surface area contributed by atoms with Gasteiger partial charge in [-0.2, -0.15) is 0 Å². The minimum absolute atomic E-state index is 0.362. The first-order chi connectivity index (χ1) is 12.4. The fraction of sp³-hybridized carbons (Fsp3) is 0.333. The van der Waals surface area contributed by atoms with Crippen LogP contribution in [0.25, 0.3) is 0 Å². The molecule has 1 fully saturated rings. The fourth-order valence-corrected chi connectivity index (χ4v) is 4.46. The summed E-state index contributed by atoms with van der Waals surface area (Å²) in [5.74, 6) is -0.788. The Bertz CT molecular complexity index is 884. The molecule has 0 amide bonds. The van der Waals surface area contributed by atoms with Gasteiger partial charge in [0, 0.05) is 5.02 Å². The van der Waals surface area contributed by atoms with Crippen LogP contribution in [-0.4, -0.2) is 41.1 Å². The molecule has 140 valence electrons. The molecule has 1 saturated heterocycles. The molecule has 2 N–H and O–H groups in total. The number of hydrogen-bond donors (Lipinski definition) is 2. The van der Waals surface area contributed by atoms with Crippen LogP contribution in [0.1, 0.15) is 6.92 Å². The molecular weight excluding hydrogens is 377 g/mol. The predicted molar refractivity (Wildman–Crippen MR) is 102 cm³/mol. The quantitative estimate of drug-likeness (QED) is 0.810. The van der Waals surface area contributed by atoms with Crippen LogP contribution < -0.4 is 14.5 Å². The Hall–Kier alpha value is -1.83. The molecule has 0 unspecified atom stereocenters. The van der Waals surface area contributed by atoms with Crippen molar-refractivity contribution in [2.45, 2.75) is 11.8 Å². The summed E-state index contributed by atoms with van der Waals surface area (Å²) in [5.41, 5.74) is 1.12. The molecule has 0 aliphatic carbocycles. The maximum atomic E-state index is 13.9. The minimum atomic E-state index is -4.05. The molecule has 0 aromatic heterocycles. The van der Waals surface area contributed by atoms with Crippen molar-refractivity contribution in [3.8, 4) is 0 Å². The molecule has 1 aliphatic rings. The maximum absolute atomic E-state index is 13.9. The molecule has 0 bridgehead atoms. The van der Waals surface area contributed by atoms with E-state index in [2.05, 4.69) is 16.5 Å². The standard InChI is InChI=1S/C18H21ClFN3O2S/c1-2-22-9-11-23(12-10-22)17-8-7-14(19)13-16(17)21-26(24,25)18-6-4-3-5-15(18)20/h3-8,13,21H,2,9-12H2,1H3/p+1. The van der Waals surface area contributed by atoms with Crippen molar-refractivity contribution in [2.75, 3.05) is 42.3 Å². The lowest BCUT2D eigenvalue weighted by molar-refractivity contribution is -0.898. The van der Waals surface area contributed by atoms with Crippen molar-refractivity contribution in [1.82, 2.24) is 0 Å². The molecule has 2 aromatic carbocycles. The number of hydrogen-bond acceptors (Lipinski definition) is 3. The summed E-state index contributed by atoms with van der Waals surface area (Å²) in [5, 5.41) is 0.415. The van der Waals surface area contributed by atoms with E-state index in [1.165, 1.54) is 23.1 Å². The van der Waals surface area contributed by atoms with Gasteiger partial charge in [0.2, 0.25) is 0 Å². The molecular formula is C18H22ClFN3O2S+. The lowest BCUT2D eigenvalue weighted by atomic mass is 10.2. The van der Waals surface area contributed by atoms with Crippen LogP contribution in [0.3, 0.4) is 0 Å². The van der Waals surface area contributed by atoms with Gasteiger partial charge in [-0.1, -0.05) is 23.7 Å². The van der Waals surface area contributed by atoms with Gasteiger partial charge >= 0.3 is 0 Å². The van der Waals surface area contributed by atoms with Gasteiger partial charge in [0.1, 0.15) is 10.7 Å². The Labute approximate surface area is 158 Å². The smallest absolute Gasteiger partial charge is 0.264 e. The number of nitrogens with zero attached hydrogens (tertiary/aromatic N) is 1. The van der Waals surface area contributed by atoms with Gasteiger partial charge in [-0.05, 0) is 37.3 Å². The summed E-state index contributed by atoms with van der Waals surface area (Å²) in [6.45, 7) is 6.83. The van der Waals surface area contributed by atoms with Crippen molar-refractivity contribution in [3.63, 3.8) is 0 Å². The highest BCUT2D eigenvalue weighted by molar-refractivity contribution is 7.92. The van der Waals surface area contributed by atoms with Crippen LogP contribution >= 0.6 is 11.6 Å². The molecule has 3 rings (SSSR count). The van der Waals surface area contributed by atoms with E-state index in [9.17, 15) is 12.8 Å². The molecule has 2 aromatic rings. The molecule has 1 aliphatic heterocycles. The van der Waals surface area contributed by atoms with Gasteiger partial charge < -0.3 is 9.80 Å². The number of sulfonamides is 1. The first kappa shape index (κ1) is 18.9. The summed E-state index contributed by atoms with van der Waals surface area (Å²) in [4.78, 5) is 3.27. The third-order valence-electron chi connectivity index (χ3n) is 4.64. The van der Waals surface area contributed by atoms with Crippen molar-refractivity contribution >= 4 is 33.0 Å². The maximum Gasteiger partial charge on any atom is 0.264 e. The number of benzene rings is 2. The summed E-state index contributed by atoms with van der Waals surface area (Å²) in [7, 11) is -4.05. The van der Waals surface area contributed by atoms with Crippen LogP contribution in [0, 0.1) is 5.82 Å². The number of likely N-dealkylation sites (N-methyl/N-ethyl adjacent to an activating group) is 1. The molecule has 8 heteroatoms. The highest BCUT2D eigenvalue weighted by atomic mass is 35.5. The van der Waals surface area contributed by atoms with Gasteiger partial charge in [-0.3, -0.25) is 4.72 Å². The van der Waals surface area contributed by atoms with E-state index in [1.54, 1.807) is 18.2 Å². The zero-order chi connectivity index (χ0) is 18.7. The van der Waals surface area contributed by atoms with Crippen molar-refractivity contribution in [3.05, 3.63) is 53.3 Å². The molecule has 0 spiro atoms. The molecule has 1 heterocycles. The normalized spacial score (nSPS) is 15.9. The van der Waals surface area contributed by atoms with Gasteiger partial charge in [0.15, 0.2) is 0 Å². The Morgan fingerprint density at radius 3 is 2.54 bits per heavy atom. The van der Waals surface area contributed by atoms with Gasteiger partial charge in [0.25, 0.3) is 10.0 Å². The third kappa shape index (κ3) is 4.11. The minimum Gasteiger partial charge on any atom is -0.359 e. The van der Waals surface area contributed by atoms with E-state index in [1.807, 2.05) is 0 Å². The number of rotatable bonds is 5. The van der Waals surface area contributed by atoms with Gasteiger partial charge in [-0.25, -0.2) is 12.8 Å². The second-order valence-corrected chi connectivity index (χ2v) is 8.38. The Balaban J connectivity index is 1.91. The van der Waals surface area contributed by atoms with Crippen LogP contribution in [0.5, 0.6) is 0 Å². The third-order valence-corrected chi connectivity index (χ3v) is 6.27. The molecule has 5 nitrogen and oxygen atoms in total. The Kier molecular flexibility index (Phi) is 5.70. The van der Waals surface area contributed by atoms with E-state index in [-0.39, 0.29) is 4.90 Å². The second-order valence-electron chi connectivity index (χ2n) is 6.29. The predicted octanol–water partition coefficient (Wildman–Crippen LogP) is 2.00. The largest absolute Gasteiger partial charge is 0.359 e. The van der Waals surface area contributed by atoms with Crippen LogP contribution in [0.4, 0.5) is 15.8 Å². The van der Waals surface area contributed by atoms with E-state index in [4.69, 9.17) is 11.6 Å². The number of anilines is 2. The molecule has 0 saturated carbocycles. The van der Waals surface area contributed by atoms with Crippen molar-refractivity contribution in [2.24, 2.45) is 0 Å². The SMILES string of the molecule is CC[NH+]1CCN(c2ccc(Cl)cc2NS(=O)(=O)c2ccccc2F)CC1. The monoisotopic (exact) mass is 398 g/mol. The van der Waals surface area contributed by atoms with Crippen LogP contribution in [-0.2, 0) is 10.0 Å². The van der Waals surface area contributed by atoms with E-state index in [0.29, 0.717) is 10.7 Å². The van der Waals surface area contributed by atoms with Crippen LogP contribution in [0.15, 0.2) is 47.4 Å². The van der Waals surface area contributed by atoms with E-state index >= 15 is 0 Å². The highest BCUT2D eigenvalue weighted by Crippen LogP contribution is 2.31. The number of nitrogens with one attached hydrogen (secondary N) is 2. The first-order valence-corrected chi connectivity index (χ1v) is 10.4. The summed E-state index contributed by atoms with van der Waals surface area (Å²) in [6, 6.07) is 10.4. The topological polar surface area (TPSA) is 53.9 Å². The molecule has 0 atom stereocenters. The Morgan fingerprint density at radius 1 is 1.19 bits per heavy atom. The lowest BCUT2D eigenvalue weighted by Crippen LogP contribution is -3.14. The van der Waals surface area contributed by atoms with Crippen LogP contribution in [0.2, 0.25) is 5.02 Å². The number of halogens is 2.